The van der Waals surface area contributed by atoms with Crippen LogP contribution in [0.5, 0.6) is 0 Å². The summed E-state index contributed by atoms with van der Waals surface area (Å²) in [6.07, 6.45) is 4.54. The molecule has 0 aliphatic rings. The van der Waals surface area contributed by atoms with Crippen molar-refractivity contribution in [2.75, 3.05) is 6.54 Å². The number of imidazole rings is 1. The zero-order valence-corrected chi connectivity index (χ0v) is 10.4. The Morgan fingerprint density at radius 3 is 3.12 bits per heavy atom. The molecule has 1 amide bonds. The molecule has 2 heterocycles. The van der Waals surface area contributed by atoms with Crippen LogP contribution >= 0.6 is 11.3 Å². The molecule has 0 radical (unpaired) electrons. The molecule has 0 unspecified atom stereocenters. The van der Waals surface area contributed by atoms with E-state index in [1.54, 1.807) is 23.7 Å². The molecular formula is C11H14N4OS. The van der Waals surface area contributed by atoms with Gasteiger partial charge in [-0.25, -0.2) is 9.97 Å². The zero-order chi connectivity index (χ0) is 12.1. The summed E-state index contributed by atoms with van der Waals surface area (Å²) in [4.78, 5) is 22.9. The maximum Gasteiger partial charge on any atom is 0.226 e. The molecule has 0 saturated heterocycles. The molecule has 0 spiro atoms. The Hall–Kier alpha value is -1.69. The molecule has 2 N–H and O–H groups in total. The topological polar surface area (TPSA) is 70.7 Å². The Bertz CT molecular complexity index is 477. The minimum absolute atomic E-state index is 0.00172. The number of carbonyl (C=O) groups is 1. The monoisotopic (exact) mass is 250 g/mol. The van der Waals surface area contributed by atoms with Gasteiger partial charge in [-0.1, -0.05) is 0 Å². The fourth-order valence-corrected chi connectivity index (χ4v) is 2.08. The number of H-pyrrole nitrogens is 1. The smallest absolute Gasteiger partial charge is 0.226 e. The van der Waals surface area contributed by atoms with Crippen molar-refractivity contribution in [3.8, 4) is 0 Å². The van der Waals surface area contributed by atoms with Crippen LogP contribution in [0.4, 0.5) is 0 Å². The number of aromatic amines is 1. The number of carbonyl (C=O) groups excluding carboxylic acids is 1. The van der Waals surface area contributed by atoms with Gasteiger partial charge in [-0.3, -0.25) is 4.79 Å². The summed E-state index contributed by atoms with van der Waals surface area (Å²) < 4.78 is 0. The Labute approximate surface area is 103 Å². The fraction of sp³-hybridized carbons (Fsp3) is 0.364. The molecule has 0 atom stereocenters. The van der Waals surface area contributed by atoms with Crippen LogP contribution in [0.25, 0.3) is 0 Å². The van der Waals surface area contributed by atoms with E-state index in [4.69, 9.17) is 0 Å². The Morgan fingerprint density at radius 1 is 1.59 bits per heavy atom. The van der Waals surface area contributed by atoms with E-state index in [1.165, 1.54) is 0 Å². The molecule has 17 heavy (non-hydrogen) atoms. The quantitative estimate of drug-likeness (QED) is 0.834. The number of rotatable bonds is 5. The lowest BCUT2D eigenvalue weighted by atomic mass is 10.3. The second kappa shape index (κ2) is 5.58. The summed E-state index contributed by atoms with van der Waals surface area (Å²) in [5.41, 5.74) is 0.836. The highest BCUT2D eigenvalue weighted by atomic mass is 32.1. The van der Waals surface area contributed by atoms with Gasteiger partial charge >= 0.3 is 0 Å². The number of thiazole rings is 1. The molecule has 0 bridgehead atoms. The van der Waals surface area contributed by atoms with Gasteiger partial charge in [0.05, 0.1) is 17.1 Å². The first-order valence-corrected chi connectivity index (χ1v) is 6.28. The van der Waals surface area contributed by atoms with Crippen molar-refractivity contribution in [3.63, 3.8) is 0 Å². The Morgan fingerprint density at radius 2 is 2.47 bits per heavy atom. The van der Waals surface area contributed by atoms with Crippen molar-refractivity contribution in [2.45, 2.75) is 19.8 Å². The van der Waals surface area contributed by atoms with E-state index in [1.807, 2.05) is 12.3 Å². The molecule has 2 aromatic rings. The number of hydrogen-bond donors (Lipinski definition) is 2. The third kappa shape index (κ3) is 3.67. The molecule has 0 aliphatic heterocycles. The first-order chi connectivity index (χ1) is 8.24. The Kier molecular flexibility index (Phi) is 3.87. The van der Waals surface area contributed by atoms with Crippen LogP contribution < -0.4 is 5.32 Å². The van der Waals surface area contributed by atoms with E-state index < -0.39 is 0 Å². The van der Waals surface area contributed by atoms with E-state index in [-0.39, 0.29) is 5.91 Å². The zero-order valence-electron chi connectivity index (χ0n) is 9.56. The molecule has 6 heteroatoms. The van der Waals surface area contributed by atoms with E-state index in [2.05, 4.69) is 20.3 Å². The molecule has 0 aliphatic carbocycles. The van der Waals surface area contributed by atoms with Crippen LogP contribution in [-0.2, 0) is 17.6 Å². The van der Waals surface area contributed by atoms with Gasteiger partial charge in [0.1, 0.15) is 5.82 Å². The lowest BCUT2D eigenvalue weighted by molar-refractivity contribution is -0.120. The first kappa shape index (κ1) is 11.8. The SMILES string of the molecule is Cc1nc(CC(=O)NCCc2ncc[nH]2)cs1. The van der Waals surface area contributed by atoms with Crippen molar-refractivity contribution >= 4 is 17.2 Å². The second-order valence-electron chi connectivity index (χ2n) is 3.67. The molecule has 0 aromatic carbocycles. The predicted octanol–water partition coefficient (Wildman–Crippen LogP) is 1.08. The summed E-state index contributed by atoms with van der Waals surface area (Å²) in [5, 5.41) is 5.75. The van der Waals surface area contributed by atoms with Crippen LogP contribution in [0.2, 0.25) is 0 Å². The van der Waals surface area contributed by atoms with Gasteiger partial charge in [-0.2, -0.15) is 0 Å². The third-order valence-corrected chi connectivity index (χ3v) is 3.07. The fourth-order valence-electron chi connectivity index (χ4n) is 1.47. The third-order valence-electron chi connectivity index (χ3n) is 2.25. The van der Waals surface area contributed by atoms with Crippen LogP contribution in [0.15, 0.2) is 17.8 Å². The largest absolute Gasteiger partial charge is 0.355 e. The lowest BCUT2D eigenvalue weighted by Crippen LogP contribution is -2.27. The lowest BCUT2D eigenvalue weighted by Gasteiger charge is -2.02. The Balaban J connectivity index is 1.71. The summed E-state index contributed by atoms with van der Waals surface area (Å²) in [7, 11) is 0. The van der Waals surface area contributed by atoms with Crippen molar-refractivity contribution in [1.29, 1.82) is 0 Å². The normalized spacial score (nSPS) is 10.4. The summed E-state index contributed by atoms with van der Waals surface area (Å²) in [6, 6.07) is 0. The standard InChI is InChI=1S/C11H14N4OS/c1-8-15-9(7-17-8)6-11(16)14-3-2-10-12-4-5-13-10/h4-5,7H,2-3,6H2,1H3,(H,12,13)(H,14,16). The van der Waals surface area contributed by atoms with Gasteiger partial charge in [0.25, 0.3) is 0 Å². The molecule has 90 valence electrons. The first-order valence-electron chi connectivity index (χ1n) is 5.40. The van der Waals surface area contributed by atoms with Crippen LogP contribution in [0, 0.1) is 6.92 Å². The van der Waals surface area contributed by atoms with Gasteiger partial charge in [-0.15, -0.1) is 11.3 Å². The van der Waals surface area contributed by atoms with Crippen LogP contribution in [0.3, 0.4) is 0 Å². The number of aryl methyl sites for hydroxylation is 1. The van der Waals surface area contributed by atoms with Gasteiger partial charge in [0, 0.05) is 30.7 Å². The van der Waals surface area contributed by atoms with E-state index >= 15 is 0 Å². The van der Waals surface area contributed by atoms with Gasteiger partial charge in [-0.05, 0) is 6.92 Å². The van der Waals surface area contributed by atoms with E-state index in [9.17, 15) is 4.79 Å². The van der Waals surface area contributed by atoms with E-state index in [0.717, 1.165) is 22.9 Å². The van der Waals surface area contributed by atoms with E-state index in [0.29, 0.717) is 13.0 Å². The average Bonchev–Trinajstić information content (AvgIpc) is 2.90. The van der Waals surface area contributed by atoms with Gasteiger partial charge in [0.15, 0.2) is 0 Å². The summed E-state index contributed by atoms with van der Waals surface area (Å²) >= 11 is 1.56. The number of amides is 1. The van der Waals surface area contributed by atoms with Crippen molar-refractivity contribution in [2.24, 2.45) is 0 Å². The molecule has 5 nitrogen and oxygen atoms in total. The number of hydrogen-bond acceptors (Lipinski definition) is 4. The summed E-state index contributed by atoms with van der Waals surface area (Å²) in [5.74, 6) is 0.886. The second-order valence-corrected chi connectivity index (χ2v) is 4.73. The summed E-state index contributed by atoms with van der Waals surface area (Å²) in [6.45, 7) is 2.53. The van der Waals surface area contributed by atoms with Crippen molar-refractivity contribution < 1.29 is 4.79 Å². The highest BCUT2D eigenvalue weighted by Gasteiger charge is 2.05. The number of aromatic nitrogens is 3. The minimum atomic E-state index is 0.00172. The van der Waals surface area contributed by atoms with Crippen molar-refractivity contribution in [1.82, 2.24) is 20.3 Å². The molecule has 0 fully saturated rings. The number of nitrogens with zero attached hydrogens (tertiary/aromatic N) is 2. The highest BCUT2D eigenvalue weighted by Crippen LogP contribution is 2.08. The molecule has 2 aromatic heterocycles. The predicted molar refractivity (Wildman–Crippen MR) is 65.9 cm³/mol. The minimum Gasteiger partial charge on any atom is -0.355 e. The average molecular weight is 250 g/mol. The van der Waals surface area contributed by atoms with Gasteiger partial charge in [0.2, 0.25) is 5.91 Å². The maximum absolute atomic E-state index is 11.6. The molecule has 2 rings (SSSR count). The highest BCUT2D eigenvalue weighted by molar-refractivity contribution is 7.09. The van der Waals surface area contributed by atoms with Crippen molar-refractivity contribution in [3.05, 3.63) is 34.3 Å². The van der Waals surface area contributed by atoms with Crippen LogP contribution in [0.1, 0.15) is 16.5 Å². The molecule has 0 saturated carbocycles. The number of nitrogens with one attached hydrogen (secondary N) is 2. The van der Waals surface area contributed by atoms with Gasteiger partial charge < -0.3 is 10.3 Å². The maximum atomic E-state index is 11.6. The molecular weight excluding hydrogens is 236 g/mol. The van der Waals surface area contributed by atoms with Crippen LogP contribution in [-0.4, -0.2) is 27.4 Å².